The van der Waals surface area contributed by atoms with Crippen molar-refractivity contribution in [2.24, 2.45) is 0 Å². The van der Waals surface area contributed by atoms with Crippen LogP contribution < -0.4 is 4.90 Å². The van der Waals surface area contributed by atoms with Gasteiger partial charge in [-0.05, 0) is 111 Å². The SMILES string of the molecule is CCC(C)(CC)c1ccc2c(c1)C(C)(C)c1cc(C(C)(C)N(c3ccc4ccccc4c3)c3ccc4ccccc4c3)ccc1-2. The molecule has 0 spiro atoms. The van der Waals surface area contributed by atoms with Crippen molar-refractivity contribution in [1.82, 2.24) is 0 Å². The largest absolute Gasteiger partial charge is 0.332 e. The fourth-order valence-electron chi connectivity index (χ4n) is 7.71. The third-order valence-electron chi connectivity index (χ3n) is 11.2. The van der Waals surface area contributed by atoms with Gasteiger partial charge in [0.25, 0.3) is 0 Å². The summed E-state index contributed by atoms with van der Waals surface area (Å²) in [6.07, 6.45) is 2.29. The standard InChI is InChI=1S/C44H45N/c1-8-44(7,9-2)35-21-25-39-38-24-20-34(28-40(38)42(3,4)41(39)29-35)43(5,6)45(36-22-18-30-14-10-12-16-32(30)26-36)37-23-19-31-15-11-13-17-33(31)27-37/h10-29H,8-9H2,1-7H3. The van der Waals surface area contributed by atoms with Crippen molar-refractivity contribution in [3.8, 4) is 11.1 Å². The first-order chi connectivity index (χ1) is 21.6. The maximum absolute atomic E-state index is 2.54. The minimum absolute atomic E-state index is 0.0775. The van der Waals surface area contributed by atoms with Crippen LogP contribution >= 0.6 is 0 Å². The van der Waals surface area contributed by atoms with Crippen molar-refractivity contribution >= 4 is 32.9 Å². The highest BCUT2D eigenvalue weighted by Gasteiger charge is 2.39. The molecule has 6 aromatic carbocycles. The van der Waals surface area contributed by atoms with Gasteiger partial charge in [0.05, 0.1) is 5.54 Å². The van der Waals surface area contributed by atoms with Gasteiger partial charge in [0.2, 0.25) is 0 Å². The Kier molecular flexibility index (Phi) is 6.93. The second-order valence-electron chi connectivity index (χ2n) is 14.4. The van der Waals surface area contributed by atoms with Crippen LogP contribution in [0.2, 0.25) is 0 Å². The van der Waals surface area contributed by atoms with Crippen molar-refractivity contribution in [1.29, 1.82) is 0 Å². The lowest BCUT2D eigenvalue weighted by Crippen LogP contribution is -2.38. The molecule has 0 saturated heterocycles. The van der Waals surface area contributed by atoms with Crippen LogP contribution in [0.25, 0.3) is 32.7 Å². The summed E-state index contributed by atoms with van der Waals surface area (Å²) in [4.78, 5) is 2.54. The zero-order valence-electron chi connectivity index (χ0n) is 27.9. The number of anilines is 2. The summed E-state index contributed by atoms with van der Waals surface area (Å²) in [6.45, 7) is 16.6. The number of rotatable bonds is 7. The summed E-state index contributed by atoms with van der Waals surface area (Å²) in [6, 6.07) is 45.7. The third-order valence-corrected chi connectivity index (χ3v) is 11.2. The fourth-order valence-corrected chi connectivity index (χ4v) is 7.71. The molecule has 0 amide bonds. The van der Waals surface area contributed by atoms with Gasteiger partial charge < -0.3 is 4.90 Å². The van der Waals surface area contributed by atoms with Crippen LogP contribution in [0.15, 0.2) is 121 Å². The molecule has 0 aliphatic heterocycles. The minimum Gasteiger partial charge on any atom is -0.332 e. The van der Waals surface area contributed by atoms with E-state index in [1.54, 1.807) is 0 Å². The van der Waals surface area contributed by atoms with Crippen molar-refractivity contribution < 1.29 is 0 Å². The highest BCUT2D eigenvalue weighted by atomic mass is 15.2. The van der Waals surface area contributed by atoms with Gasteiger partial charge in [0, 0.05) is 16.8 Å². The maximum Gasteiger partial charge on any atom is 0.0646 e. The molecule has 0 N–H and O–H groups in total. The molecule has 0 unspecified atom stereocenters. The molecule has 0 bridgehead atoms. The van der Waals surface area contributed by atoms with Crippen LogP contribution in [-0.4, -0.2) is 0 Å². The second-order valence-corrected chi connectivity index (χ2v) is 14.4. The molecule has 0 fully saturated rings. The van der Waals surface area contributed by atoms with Gasteiger partial charge in [-0.15, -0.1) is 0 Å². The molecule has 0 heterocycles. The molecule has 1 aliphatic rings. The predicted molar refractivity (Wildman–Crippen MR) is 195 cm³/mol. The molecular weight excluding hydrogens is 542 g/mol. The smallest absolute Gasteiger partial charge is 0.0646 e. The van der Waals surface area contributed by atoms with E-state index in [0.717, 1.165) is 12.8 Å². The molecule has 1 nitrogen and oxygen atoms in total. The van der Waals surface area contributed by atoms with E-state index in [-0.39, 0.29) is 16.4 Å². The highest BCUT2D eigenvalue weighted by Crippen LogP contribution is 2.52. The van der Waals surface area contributed by atoms with E-state index in [2.05, 4.69) is 175 Å². The van der Waals surface area contributed by atoms with E-state index >= 15 is 0 Å². The van der Waals surface area contributed by atoms with Gasteiger partial charge >= 0.3 is 0 Å². The zero-order valence-corrected chi connectivity index (χ0v) is 27.9. The second kappa shape index (κ2) is 10.6. The lowest BCUT2D eigenvalue weighted by molar-refractivity contribution is 0.438. The third kappa shape index (κ3) is 4.67. The zero-order chi connectivity index (χ0) is 31.6. The summed E-state index contributed by atoms with van der Waals surface area (Å²) >= 11 is 0. The predicted octanol–water partition coefficient (Wildman–Crippen LogP) is 12.5. The van der Waals surface area contributed by atoms with Crippen LogP contribution in [-0.2, 0) is 16.4 Å². The Balaban J connectivity index is 1.37. The van der Waals surface area contributed by atoms with E-state index in [4.69, 9.17) is 0 Å². The topological polar surface area (TPSA) is 3.24 Å². The average Bonchev–Trinajstić information content (AvgIpc) is 3.29. The lowest BCUT2D eigenvalue weighted by atomic mass is 9.74. The van der Waals surface area contributed by atoms with Crippen LogP contribution in [0.4, 0.5) is 11.4 Å². The first-order valence-corrected chi connectivity index (χ1v) is 16.6. The Labute approximate surface area is 269 Å². The molecule has 1 heteroatoms. The van der Waals surface area contributed by atoms with Crippen LogP contribution in [0.1, 0.15) is 83.6 Å². The van der Waals surface area contributed by atoms with Gasteiger partial charge in [-0.25, -0.2) is 0 Å². The number of benzene rings is 6. The average molecular weight is 588 g/mol. The van der Waals surface area contributed by atoms with E-state index in [1.165, 1.54) is 66.3 Å². The normalized spacial score (nSPS) is 14.0. The molecular formula is C44H45N. The molecule has 6 aromatic rings. The quantitative estimate of drug-likeness (QED) is 0.180. The fraction of sp³-hybridized carbons (Fsp3) is 0.273. The van der Waals surface area contributed by atoms with Gasteiger partial charge in [-0.3, -0.25) is 0 Å². The summed E-state index contributed by atoms with van der Waals surface area (Å²) in [5, 5.41) is 5.03. The number of fused-ring (bicyclic) bond motifs is 5. The molecule has 0 aromatic heterocycles. The number of nitrogens with zero attached hydrogens (tertiary/aromatic N) is 1. The number of hydrogen-bond acceptors (Lipinski definition) is 1. The van der Waals surface area contributed by atoms with Gasteiger partial charge in [-0.1, -0.05) is 132 Å². The van der Waals surface area contributed by atoms with Crippen molar-refractivity contribution in [2.45, 2.75) is 77.7 Å². The molecule has 45 heavy (non-hydrogen) atoms. The number of hydrogen-bond donors (Lipinski definition) is 0. The molecule has 0 radical (unpaired) electrons. The minimum atomic E-state index is -0.334. The van der Waals surface area contributed by atoms with E-state index in [9.17, 15) is 0 Å². The van der Waals surface area contributed by atoms with Gasteiger partial charge in [-0.2, -0.15) is 0 Å². The van der Waals surface area contributed by atoms with Crippen molar-refractivity contribution in [3.63, 3.8) is 0 Å². The summed E-state index contributed by atoms with van der Waals surface area (Å²) in [5.41, 5.74) is 10.6. The van der Waals surface area contributed by atoms with E-state index < -0.39 is 0 Å². The maximum atomic E-state index is 2.54. The van der Waals surface area contributed by atoms with Crippen LogP contribution in [0.3, 0.4) is 0 Å². The Morgan fingerprint density at radius 2 is 0.956 bits per heavy atom. The van der Waals surface area contributed by atoms with Gasteiger partial charge in [0.15, 0.2) is 0 Å². The molecule has 1 aliphatic carbocycles. The Bertz CT molecular complexity index is 1980. The Morgan fingerprint density at radius 1 is 0.511 bits per heavy atom. The first kappa shape index (κ1) is 29.4. The lowest BCUT2D eigenvalue weighted by Gasteiger charge is -2.42. The summed E-state index contributed by atoms with van der Waals surface area (Å²) < 4.78 is 0. The monoisotopic (exact) mass is 587 g/mol. The summed E-state index contributed by atoms with van der Waals surface area (Å²) in [5.74, 6) is 0. The summed E-state index contributed by atoms with van der Waals surface area (Å²) in [7, 11) is 0. The Morgan fingerprint density at radius 3 is 1.44 bits per heavy atom. The first-order valence-electron chi connectivity index (χ1n) is 16.6. The van der Waals surface area contributed by atoms with E-state index in [1.807, 2.05) is 0 Å². The van der Waals surface area contributed by atoms with Crippen LogP contribution in [0, 0.1) is 0 Å². The Hall–Kier alpha value is -4.36. The molecule has 0 atom stereocenters. The van der Waals surface area contributed by atoms with Crippen LogP contribution in [0.5, 0.6) is 0 Å². The molecule has 226 valence electrons. The van der Waals surface area contributed by atoms with Crippen molar-refractivity contribution in [3.05, 3.63) is 144 Å². The van der Waals surface area contributed by atoms with Crippen molar-refractivity contribution in [2.75, 3.05) is 4.90 Å². The van der Waals surface area contributed by atoms with E-state index in [0.29, 0.717) is 0 Å². The van der Waals surface area contributed by atoms with Gasteiger partial charge in [0.1, 0.15) is 0 Å². The molecule has 0 saturated carbocycles. The molecule has 7 rings (SSSR count). The highest BCUT2D eigenvalue weighted by molar-refractivity contribution is 5.90.